The molecule has 0 saturated carbocycles. The number of unbranched alkanes of at least 4 members (excludes halogenated alkanes) is 2. The van der Waals surface area contributed by atoms with E-state index in [9.17, 15) is 14.7 Å². The maximum Gasteiger partial charge on any atom is 0.225 e. The molecule has 1 aliphatic rings. The van der Waals surface area contributed by atoms with Gasteiger partial charge in [-0.05, 0) is 86.9 Å². The molecule has 1 aromatic heterocycles. The molecule has 2 amide bonds. The molecule has 3 atom stereocenters. The molecule has 8 heteroatoms. The van der Waals surface area contributed by atoms with Gasteiger partial charge in [0.05, 0.1) is 17.4 Å². The Morgan fingerprint density at radius 1 is 0.787 bits per heavy atom. The Morgan fingerprint density at radius 2 is 1.43 bits per heavy atom. The molecule has 1 aliphatic heterocycles. The molecule has 1 fully saturated rings. The molecule has 3 aromatic carbocycles. The zero-order chi connectivity index (χ0) is 32.7. The normalized spacial score (nSPS) is 17.2. The van der Waals surface area contributed by atoms with Crippen molar-refractivity contribution in [2.24, 2.45) is 11.8 Å². The number of aromatic nitrogens is 1. The summed E-state index contributed by atoms with van der Waals surface area (Å²) in [7, 11) is 0. The lowest BCUT2D eigenvalue weighted by atomic mass is 9.83. The van der Waals surface area contributed by atoms with Crippen LogP contribution in [0.15, 0.2) is 97.2 Å². The number of benzene rings is 3. The van der Waals surface area contributed by atoms with Crippen LogP contribution in [0.3, 0.4) is 0 Å². The Labute approximate surface area is 278 Å². The minimum atomic E-state index is -0.751. The number of fused-ring (bicyclic) bond motifs is 1. The molecule has 47 heavy (non-hydrogen) atoms. The molecule has 1 saturated heterocycles. The van der Waals surface area contributed by atoms with Crippen molar-refractivity contribution in [1.29, 1.82) is 0 Å². The zero-order valence-corrected chi connectivity index (χ0v) is 27.2. The molecule has 0 bridgehead atoms. The lowest BCUT2D eigenvalue weighted by Crippen LogP contribution is -2.53. The van der Waals surface area contributed by atoms with Crippen LogP contribution in [0, 0.1) is 11.8 Å². The summed E-state index contributed by atoms with van der Waals surface area (Å²) in [6.07, 6.45) is 7.23. The van der Waals surface area contributed by atoms with Crippen molar-refractivity contribution in [3.05, 3.63) is 108 Å². The number of hydrogen-bond acceptors (Lipinski definition) is 6. The number of hydrogen-bond donors (Lipinski definition) is 3. The second-order valence-electron chi connectivity index (χ2n) is 12.5. The van der Waals surface area contributed by atoms with Crippen LogP contribution >= 0.6 is 0 Å². The molecular formula is C39H48N4O4. The predicted octanol–water partition coefficient (Wildman–Crippen LogP) is 5.19. The van der Waals surface area contributed by atoms with Gasteiger partial charge in [-0.2, -0.15) is 0 Å². The Bertz CT molecular complexity index is 1530. The van der Waals surface area contributed by atoms with Gasteiger partial charge in [0.25, 0.3) is 0 Å². The number of carbonyl (C=O) groups is 2. The lowest BCUT2D eigenvalue weighted by molar-refractivity contribution is -0.138. The maximum atomic E-state index is 13.5. The molecule has 2 heterocycles. The van der Waals surface area contributed by atoms with Crippen molar-refractivity contribution in [3.63, 3.8) is 0 Å². The molecule has 0 aliphatic carbocycles. The fourth-order valence-corrected chi connectivity index (χ4v) is 6.39. The van der Waals surface area contributed by atoms with Gasteiger partial charge < -0.3 is 20.5 Å². The third kappa shape index (κ3) is 10.6. The fraction of sp³-hybridized carbons (Fsp3) is 0.410. The van der Waals surface area contributed by atoms with Crippen LogP contribution < -0.4 is 15.4 Å². The van der Waals surface area contributed by atoms with Gasteiger partial charge in [-0.25, -0.2) is 0 Å². The van der Waals surface area contributed by atoms with Crippen LogP contribution in [-0.2, 0) is 22.4 Å². The van der Waals surface area contributed by atoms with Crippen molar-refractivity contribution < 1.29 is 19.4 Å². The number of rotatable bonds is 17. The first-order valence-electron chi connectivity index (χ1n) is 17.1. The minimum absolute atomic E-state index is 0.0537. The van der Waals surface area contributed by atoms with Gasteiger partial charge >= 0.3 is 0 Å². The SMILES string of the molecule is O=C(NCCCCc1ccccc1)C1CCN(CC(O)COc2cccc3ncccc23)C[C@@H]1C(=O)NCCCCc1ccccc1. The third-order valence-corrected chi connectivity index (χ3v) is 8.94. The lowest BCUT2D eigenvalue weighted by Gasteiger charge is -2.37. The van der Waals surface area contributed by atoms with Gasteiger partial charge in [0.1, 0.15) is 18.5 Å². The van der Waals surface area contributed by atoms with E-state index < -0.39 is 17.9 Å². The molecule has 8 nitrogen and oxygen atoms in total. The van der Waals surface area contributed by atoms with Gasteiger partial charge in [-0.3, -0.25) is 19.5 Å². The molecule has 0 radical (unpaired) electrons. The van der Waals surface area contributed by atoms with Gasteiger partial charge in [-0.15, -0.1) is 0 Å². The molecule has 3 N–H and O–H groups in total. The highest BCUT2D eigenvalue weighted by Crippen LogP contribution is 2.26. The summed E-state index contributed by atoms with van der Waals surface area (Å²) < 4.78 is 6.00. The van der Waals surface area contributed by atoms with E-state index in [0.29, 0.717) is 44.9 Å². The smallest absolute Gasteiger partial charge is 0.225 e. The standard InChI is InChI=1S/C39H48N4O4/c44-32(29-47-37-21-11-20-36-34(37)19-12-25-40-36)27-43-26-22-33(38(45)41-23-9-7-17-30-13-3-1-4-14-30)35(28-43)39(46)42-24-10-8-18-31-15-5-2-6-16-31/h1-6,11-16,19-21,25,32-33,35,44H,7-10,17-18,22-24,26-29H2,(H,41,45)(H,42,46)/t32?,33?,35-/m0/s1. The first-order valence-corrected chi connectivity index (χ1v) is 17.1. The van der Waals surface area contributed by atoms with Crippen LogP contribution in [-0.4, -0.2) is 72.2 Å². The number of β-amino-alcohol motifs (C(OH)–C–C–N with tert-alkyl or cyclic N) is 1. The van der Waals surface area contributed by atoms with E-state index in [0.717, 1.165) is 49.4 Å². The molecule has 4 aromatic rings. The number of aryl methyl sites for hydroxylation is 2. The van der Waals surface area contributed by atoms with Crippen LogP contribution in [0.25, 0.3) is 10.9 Å². The number of nitrogens with zero attached hydrogens (tertiary/aromatic N) is 2. The number of nitrogens with one attached hydrogen (secondary N) is 2. The third-order valence-electron chi connectivity index (χ3n) is 8.94. The van der Waals surface area contributed by atoms with Crippen molar-refractivity contribution in [1.82, 2.24) is 20.5 Å². The minimum Gasteiger partial charge on any atom is -0.490 e. The van der Waals surface area contributed by atoms with E-state index in [1.807, 2.05) is 66.7 Å². The number of likely N-dealkylation sites (tertiary alicyclic amines) is 1. The summed E-state index contributed by atoms with van der Waals surface area (Å²) in [5, 5.41) is 18.0. The number of amides is 2. The van der Waals surface area contributed by atoms with Crippen molar-refractivity contribution in [3.8, 4) is 5.75 Å². The predicted molar refractivity (Wildman–Crippen MR) is 186 cm³/mol. The number of carbonyl (C=O) groups excluding carboxylic acids is 2. The molecule has 248 valence electrons. The summed E-state index contributed by atoms with van der Waals surface area (Å²) in [6.45, 7) is 2.69. The van der Waals surface area contributed by atoms with Gasteiger partial charge in [0.2, 0.25) is 11.8 Å². The monoisotopic (exact) mass is 636 g/mol. The first-order chi connectivity index (χ1) is 23.1. The summed E-state index contributed by atoms with van der Waals surface area (Å²) in [5.74, 6) is -0.353. The van der Waals surface area contributed by atoms with Gasteiger partial charge in [0.15, 0.2) is 0 Å². The van der Waals surface area contributed by atoms with Crippen molar-refractivity contribution >= 4 is 22.7 Å². The molecule has 5 rings (SSSR count). The number of aliphatic hydroxyl groups is 1. The second kappa shape index (κ2) is 18.2. The summed E-state index contributed by atoms with van der Waals surface area (Å²) in [6, 6.07) is 30.2. The Balaban J connectivity index is 1.12. The van der Waals surface area contributed by atoms with Crippen LogP contribution in [0.5, 0.6) is 5.75 Å². The van der Waals surface area contributed by atoms with E-state index in [2.05, 4.69) is 44.8 Å². The first kappa shape index (κ1) is 34.1. The maximum absolute atomic E-state index is 13.5. The molecular weight excluding hydrogens is 588 g/mol. The number of ether oxygens (including phenoxy) is 1. The second-order valence-corrected chi connectivity index (χ2v) is 12.5. The van der Waals surface area contributed by atoms with E-state index in [1.165, 1.54) is 11.1 Å². The van der Waals surface area contributed by atoms with E-state index in [1.54, 1.807) is 6.20 Å². The quantitative estimate of drug-likeness (QED) is 0.138. The highest BCUT2D eigenvalue weighted by Gasteiger charge is 2.38. The van der Waals surface area contributed by atoms with Crippen LogP contribution in [0.2, 0.25) is 0 Å². The average molecular weight is 637 g/mol. The topological polar surface area (TPSA) is 104 Å². The van der Waals surface area contributed by atoms with Crippen LogP contribution in [0.4, 0.5) is 0 Å². The Hall–Kier alpha value is -4.27. The fourth-order valence-electron chi connectivity index (χ4n) is 6.39. The zero-order valence-electron chi connectivity index (χ0n) is 27.2. The largest absolute Gasteiger partial charge is 0.490 e. The Kier molecular flexibility index (Phi) is 13.2. The van der Waals surface area contributed by atoms with Crippen LogP contribution in [0.1, 0.15) is 43.2 Å². The number of aliphatic hydroxyl groups excluding tert-OH is 1. The van der Waals surface area contributed by atoms with Gasteiger partial charge in [0, 0.05) is 37.8 Å². The number of pyridine rings is 1. The average Bonchev–Trinajstić information content (AvgIpc) is 3.11. The van der Waals surface area contributed by atoms with Crippen molar-refractivity contribution in [2.45, 2.75) is 51.0 Å². The highest BCUT2D eigenvalue weighted by molar-refractivity contribution is 5.88. The number of piperidine rings is 1. The van der Waals surface area contributed by atoms with E-state index in [4.69, 9.17) is 4.74 Å². The Morgan fingerprint density at radius 3 is 2.09 bits per heavy atom. The highest BCUT2D eigenvalue weighted by atomic mass is 16.5. The van der Waals surface area contributed by atoms with E-state index in [-0.39, 0.29) is 18.4 Å². The molecule has 0 spiro atoms. The van der Waals surface area contributed by atoms with E-state index >= 15 is 0 Å². The molecule has 2 unspecified atom stereocenters. The summed E-state index contributed by atoms with van der Waals surface area (Å²) in [5.41, 5.74) is 3.43. The van der Waals surface area contributed by atoms with Crippen molar-refractivity contribution in [2.75, 3.05) is 39.3 Å². The summed E-state index contributed by atoms with van der Waals surface area (Å²) in [4.78, 5) is 33.4. The summed E-state index contributed by atoms with van der Waals surface area (Å²) >= 11 is 0. The van der Waals surface area contributed by atoms with Gasteiger partial charge in [-0.1, -0.05) is 66.7 Å².